The Bertz CT molecular complexity index is 1000. The van der Waals surface area contributed by atoms with Gasteiger partial charge in [0.15, 0.2) is 0 Å². The Kier molecular flexibility index (Phi) is 6.01. The maximum absolute atomic E-state index is 12.5. The van der Waals surface area contributed by atoms with Gasteiger partial charge in [-0.1, -0.05) is 35.9 Å². The van der Waals surface area contributed by atoms with Crippen LogP contribution in [-0.4, -0.2) is 24.0 Å². The van der Waals surface area contributed by atoms with Crippen LogP contribution in [0.2, 0.25) is 0 Å². The zero-order valence-corrected chi connectivity index (χ0v) is 15.7. The van der Waals surface area contributed by atoms with Crippen LogP contribution in [0.25, 0.3) is 0 Å². The van der Waals surface area contributed by atoms with E-state index in [1.807, 2.05) is 31.2 Å². The molecular weight excluding hydrogens is 354 g/mol. The summed E-state index contributed by atoms with van der Waals surface area (Å²) in [6, 6.07) is 18.3. The van der Waals surface area contributed by atoms with E-state index >= 15 is 0 Å². The Morgan fingerprint density at radius 3 is 2.61 bits per heavy atom. The number of carbonyl (C=O) groups excluding carboxylic acids is 2. The molecule has 0 aliphatic carbocycles. The molecule has 0 aliphatic heterocycles. The molecule has 1 heterocycles. The molecule has 6 heteroatoms. The number of nitrogens with one attached hydrogen (secondary N) is 2. The van der Waals surface area contributed by atoms with Gasteiger partial charge in [0, 0.05) is 24.1 Å². The van der Waals surface area contributed by atoms with Crippen molar-refractivity contribution in [3.05, 3.63) is 89.2 Å². The summed E-state index contributed by atoms with van der Waals surface area (Å²) in [6.07, 6.45) is 1.58. The molecule has 0 unspecified atom stereocenters. The lowest BCUT2D eigenvalue weighted by atomic mass is 10.1. The predicted molar refractivity (Wildman–Crippen MR) is 108 cm³/mol. The second kappa shape index (κ2) is 8.81. The van der Waals surface area contributed by atoms with Crippen LogP contribution in [0.3, 0.4) is 0 Å². The highest BCUT2D eigenvalue weighted by molar-refractivity contribution is 6.04. The molecule has 0 saturated carbocycles. The number of methoxy groups -OCH3 is 1. The van der Waals surface area contributed by atoms with Crippen LogP contribution in [0.1, 0.15) is 32.0 Å². The number of aromatic nitrogens is 1. The number of benzene rings is 2. The molecular formula is C22H21N3O3. The molecule has 6 nitrogen and oxygen atoms in total. The van der Waals surface area contributed by atoms with E-state index in [1.165, 1.54) is 12.7 Å². The van der Waals surface area contributed by atoms with Crippen molar-refractivity contribution in [3.63, 3.8) is 0 Å². The molecule has 28 heavy (non-hydrogen) atoms. The summed E-state index contributed by atoms with van der Waals surface area (Å²) in [5.74, 6) is -0.821. The Balaban J connectivity index is 1.67. The van der Waals surface area contributed by atoms with Crippen LogP contribution in [0, 0.1) is 6.92 Å². The van der Waals surface area contributed by atoms with Gasteiger partial charge < -0.3 is 15.4 Å². The average molecular weight is 375 g/mol. The van der Waals surface area contributed by atoms with E-state index in [9.17, 15) is 9.59 Å². The fourth-order valence-electron chi connectivity index (χ4n) is 2.73. The van der Waals surface area contributed by atoms with Crippen LogP contribution < -0.4 is 10.6 Å². The number of anilines is 2. The van der Waals surface area contributed by atoms with Gasteiger partial charge in [-0.25, -0.2) is 4.79 Å². The molecule has 3 aromatic rings. The van der Waals surface area contributed by atoms with E-state index in [2.05, 4.69) is 21.7 Å². The van der Waals surface area contributed by atoms with Crippen LogP contribution >= 0.6 is 0 Å². The molecule has 0 radical (unpaired) electrons. The van der Waals surface area contributed by atoms with Gasteiger partial charge in [0.05, 0.1) is 12.7 Å². The first kappa shape index (κ1) is 19.1. The smallest absolute Gasteiger partial charge is 0.337 e. The summed E-state index contributed by atoms with van der Waals surface area (Å²) in [6.45, 7) is 2.70. The van der Waals surface area contributed by atoms with E-state index in [1.54, 1.807) is 36.5 Å². The first-order valence-corrected chi connectivity index (χ1v) is 8.80. The minimum Gasteiger partial charge on any atom is -0.465 e. The van der Waals surface area contributed by atoms with Gasteiger partial charge in [-0.2, -0.15) is 0 Å². The van der Waals surface area contributed by atoms with Gasteiger partial charge in [-0.05, 0) is 42.8 Å². The van der Waals surface area contributed by atoms with E-state index in [0.717, 1.165) is 11.3 Å². The van der Waals surface area contributed by atoms with Gasteiger partial charge in [-0.15, -0.1) is 0 Å². The Labute approximate surface area is 163 Å². The van der Waals surface area contributed by atoms with E-state index in [-0.39, 0.29) is 11.6 Å². The van der Waals surface area contributed by atoms with Crippen molar-refractivity contribution in [1.29, 1.82) is 0 Å². The molecule has 1 aromatic heterocycles. The molecule has 0 aliphatic rings. The quantitative estimate of drug-likeness (QED) is 0.636. The number of nitrogens with zero attached hydrogens (tertiary/aromatic N) is 1. The zero-order valence-electron chi connectivity index (χ0n) is 15.7. The van der Waals surface area contributed by atoms with Crippen LogP contribution in [0.5, 0.6) is 0 Å². The summed E-state index contributed by atoms with van der Waals surface area (Å²) >= 11 is 0. The largest absolute Gasteiger partial charge is 0.465 e. The van der Waals surface area contributed by atoms with Gasteiger partial charge in [0.1, 0.15) is 5.69 Å². The van der Waals surface area contributed by atoms with Crippen LogP contribution in [0.4, 0.5) is 11.4 Å². The SMILES string of the molecule is COC(=O)c1cccc(NC(=O)c2cc(NCc3cccc(C)c3)ccn2)c1. The topological polar surface area (TPSA) is 80.3 Å². The van der Waals surface area contributed by atoms with Crippen molar-refractivity contribution < 1.29 is 14.3 Å². The summed E-state index contributed by atoms with van der Waals surface area (Å²) < 4.78 is 4.70. The third kappa shape index (κ3) is 4.94. The molecule has 0 fully saturated rings. The number of hydrogen-bond donors (Lipinski definition) is 2. The Hall–Kier alpha value is -3.67. The highest BCUT2D eigenvalue weighted by atomic mass is 16.5. The van der Waals surface area contributed by atoms with Crippen molar-refractivity contribution in [3.8, 4) is 0 Å². The number of ether oxygens (including phenoxy) is 1. The van der Waals surface area contributed by atoms with Gasteiger partial charge in [0.2, 0.25) is 0 Å². The predicted octanol–water partition coefficient (Wildman–Crippen LogP) is 4.04. The standard InChI is InChI=1S/C22H21N3O3/c1-15-5-3-6-16(11-15)14-24-18-9-10-23-20(13-18)21(26)25-19-8-4-7-17(12-19)22(27)28-2/h3-13H,14H2,1-2H3,(H,23,24)(H,25,26). The molecule has 2 N–H and O–H groups in total. The van der Waals surface area contributed by atoms with E-state index in [0.29, 0.717) is 17.8 Å². The normalized spacial score (nSPS) is 10.2. The molecule has 1 amide bonds. The lowest BCUT2D eigenvalue weighted by molar-refractivity contribution is 0.0600. The van der Waals surface area contributed by atoms with Crippen LogP contribution in [0.15, 0.2) is 66.9 Å². The number of pyridine rings is 1. The summed E-state index contributed by atoms with van der Waals surface area (Å²) in [7, 11) is 1.31. The molecule has 0 spiro atoms. The van der Waals surface area contributed by atoms with Gasteiger partial charge >= 0.3 is 5.97 Å². The second-order valence-electron chi connectivity index (χ2n) is 6.30. The minimum absolute atomic E-state index is 0.276. The summed E-state index contributed by atoms with van der Waals surface area (Å²) in [4.78, 5) is 28.3. The van der Waals surface area contributed by atoms with Gasteiger partial charge in [0.25, 0.3) is 5.91 Å². The Morgan fingerprint density at radius 1 is 1.00 bits per heavy atom. The highest BCUT2D eigenvalue weighted by Crippen LogP contribution is 2.15. The number of amides is 1. The number of rotatable bonds is 6. The lowest BCUT2D eigenvalue weighted by Gasteiger charge is -2.09. The number of esters is 1. The van der Waals surface area contributed by atoms with E-state index < -0.39 is 5.97 Å². The third-order valence-corrected chi connectivity index (χ3v) is 4.11. The molecule has 142 valence electrons. The average Bonchev–Trinajstić information content (AvgIpc) is 2.72. The Morgan fingerprint density at radius 2 is 1.82 bits per heavy atom. The number of aryl methyl sites for hydroxylation is 1. The van der Waals surface area contributed by atoms with Crippen molar-refractivity contribution >= 4 is 23.3 Å². The summed E-state index contributed by atoms with van der Waals surface area (Å²) in [5, 5.41) is 6.05. The maximum Gasteiger partial charge on any atom is 0.337 e. The molecule has 3 rings (SSSR count). The number of hydrogen-bond acceptors (Lipinski definition) is 5. The van der Waals surface area contributed by atoms with E-state index in [4.69, 9.17) is 4.74 Å². The first-order valence-electron chi connectivity index (χ1n) is 8.80. The first-order chi connectivity index (χ1) is 13.5. The fraction of sp³-hybridized carbons (Fsp3) is 0.136. The monoisotopic (exact) mass is 375 g/mol. The maximum atomic E-state index is 12.5. The molecule has 0 bridgehead atoms. The minimum atomic E-state index is -0.462. The molecule has 2 aromatic carbocycles. The van der Waals surface area contributed by atoms with Crippen molar-refractivity contribution in [2.75, 3.05) is 17.7 Å². The van der Waals surface area contributed by atoms with Crippen molar-refractivity contribution in [1.82, 2.24) is 4.98 Å². The fourth-order valence-corrected chi connectivity index (χ4v) is 2.73. The third-order valence-electron chi connectivity index (χ3n) is 4.11. The molecule has 0 saturated heterocycles. The highest BCUT2D eigenvalue weighted by Gasteiger charge is 2.11. The molecule has 0 atom stereocenters. The second-order valence-corrected chi connectivity index (χ2v) is 6.30. The lowest BCUT2D eigenvalue weighted by Crippen LogP contribution is -2.14. The van der Waals surface area contributed by atoms with Crippen LogP contribution in [-0.2, 0) is 11.3 Å². The van der Waals surface area contributed by atoms with Crippen molar-refractivity contribution in [2.24, 2.45) is 0 Å². The van der Waals surface area contributed by atoms with Crippen molar-refractivity contribution in [2.45, 2.75) is 13.5 Å². The summed E-state index contributed by atoms with van der Waals surface area (Å²) in [5.41, 5.74) is 4.28. The number of carbonyl (C=O) groups is 2. The van der Waals surface area contributed by atoms with Gasteiger partial charge in [-0.3, -0.25) is 9.78 Å². The zero-order chi connectivity index (χ0) is 19.9.